The third kappa shape index (κ3) is 3.82. The van der Waals surface area contributed by atoms with Crippen molar-refractivity contribution in [3.8, 4) is 16.9 Å². The van der Waals surface area contributed by atoms with Crippen molar-refractivity contribution in [2.75, 3.05) is 6.61 Å². The van der Waals surface area contributed by atoms with Crippen LogP contribution in [0.2, 0.25) is 0 Å². The summed E-state index contributed by atoms with van der Waals surface area (Å²) in [6.07, 6.45) is 0.452. The summed E-state index contributed by atoms with van der Waals surface area (Å²) in [5, 5.41) is 21.6. The van der Waals surface area contributed by atoms with Gasteiger partial charge in [-0.3, -0.25) is 4.98 Å². The Morgan fingerprint density at radius 2 is 1.63 bits per heavy atom. The summed E-state index contributed by atoms with van der Waals surface area (Å²) in [5.74, 6) is -1.49. The number of hydrogen-bond acceptors (Lipinski definition) is 5. The second-order valence-corrected chi connectivity index (χ2v) is 7.03. The zero-order valence-corrected chi connectivity index (χ0v) is 16.0. The minimum Gasteiger partial charge on any atom is -0.506 e. The second kappa shape index (κ2) is 8.24. The van der Waals surface area contributed by atoms with E-state index in [1.54, 1.807) is 0 Å². The highest BCUT2D eigenvalue weighted by molar-refractivity contribution is 5.81. The molecule has 1 unspecified atom stereocenters. The molecular formula is C23H20N2O5. The highest BCUT2D eigenvalue weighted by Crippen LogP contribution is 2.44. The van der Waals surface area contributed by atoms with Crippen LogP contribution < -0.4 is 5.32 Å². The Kier molecular flexibility index (Phi) is 5.34. The average Bonchev–Trinajstić information content (AvgIpc) is 3.07. The lowest BCUT2D eigenvalue weighted by Gasteiger charge is -2.17. The molecule has 0 bridgehead atoms. The Labute approximate surface area is 173 Å². The molecule has 7 heteroatoms. The number of alkyl carbamates (subject to hydrolysis) is 1. The maximum absolute atomic E-state index is 12.3. The zero-order chi connectivity index (χ0) is 21.1. The Balaban J connectivity index is 1.44. The molecule has 0 saturated heterocycles. The van der Waals surface area contributed by atoms with Gasteiger partial charge < -0.3 is 20.3 Å². The Morgan fingerprint density at radius 3 is 2.23 bits per heavy atom. The molecule has 3 aromatic rings. The molecule has 3 N–H and O–H groups in total. The van der Waals surface area contributed by atoms with E-state index in [-0.39, 0.29) is 30.4 Å². The van der Waals surface area contributed by atoms with Gasteiger partial charge in [0.25, 0.3) is 0 Å². The molecule has 0 radical (unpaired) electrons. The molecule has 1 aliphatic carbocycles. The molecule has 1 aliphatic rings. The lowest BCUT2D eigenvalue weighted by molar-refractivity contribution is -0.139. The van der Waals surface area contributed by atoms with Gasteiger partial charge in [-0.05, 0) is 34.4 Å². The Morgan fingerprint density at radius 1 is 1.00 bits per heavy atom. The monoisotopic (exact) mass is 404 g/mol. The first-order chi connectivity index (χ1) is 14.5. The summed E-state index contributed by atoms with van der Waals surface area (Å²) in [5.41, 5.74) is 4.54. The minimum absolute atomic E-state index is 0.0844. The number of amides is 1. The van der Waals surface area contributed by atoms with E-state index in [2.05, 4.69) is 10.3 Å². The van der Waals surface area contributed by atoms with Crippen LogP contribution in [-0.4, -0.2) is 39.9 Å². The van der Waals surface area contributed by atoms with E-state index in [0.717, 1.165) is 22.3 Å². The van der Waals surface area contributed by atoms with Crippen molar-refractivity contribution in [2.24, 2.45) is 0 Å². The summed E-state index contributed by atoms with van der Waals surface area (Å²) in [6.45, 7) is 0.0844. The summed E-state index contributed by atoms with van der Waals surface area (Å²) in [4.78, 5) is 27.9. The van der Waals surface area contributed by atoms with E-state index < -0.39 is 18.1 Å². The number of nitrogens with one attached hydrogen (secondary N) is 1. The number of hydrogen-bond donors (Lipinski definition) is 3. The largest absolute Gasteiger partial charge is 0.506 e. The molecule has 0 saturated carbocycles. The van der Waals surface area contributed by atoms with Gasteiger partial charge in [0.2, 0.25) is 0 Å². The van der Waals surface area contributed by atoms with Crippen LogP contribution in [0, 0.1) is 0 Å². The number of ether oxygens (including phenoxy) is 1. The molecule has 0 spiro atoms. The molecule has 4 rings (SSSR count). The van der Waals surface area contributed by atoms with Gasteiger partial charge in [-0.15, -0.1) is 0 Å². The van der Waals surface area contributed by atoms with Crippen LogP contribution in [0.1, 0.15) is 22.7 Å². The fourth-order valence-corrected chi connectivity index (χ4v) is 3.76. The van der Waals surface area contributed by atoms with Crippen LogP contribution in [0.25, 0.3) is 11.1 Å². The van der Waals surface area contributed by atoms with E-state index in [1.165, 1.54) is 18.3 Å². The standard InChI is InChI=1S/C23H20N2O5/c26-21-10-5-11-24-19(21)12-20(22(27)28)25-23(29)30-13-18-16-8-3-1-6-14(16)15-7-2-4-9-17(15)18/h1-11,18,20,26H,12-13H2,(H,25,29)(H,27,28). The molecule has 152 valence electrons. The first kappa shape index (κ1) is 19.4. The van der Waals surface area contributed by atoms with Crippen molar-refractivity contribution in [2.45, 2.75) is 18.4 Å². The van der Waals surface area contributed by atoms with Crippen molar-refractivity contribution in [1.29, 1.82) is 0 Å². The van der Waals surface area contributed by atoms with Crippen LogP contribution in [-0.2, 0) is 16.0 Å². The first-order valence-electron chi connectivity index (χ1n) is 9.51. The number of benzene rings is 2. The summed E-state index contributed by atoms with van der Waals surface area (Å²) < 4.78 is 5.39. The fraction of sp³-hybridized carbons (Fsp3) is 0.174. The molecule has 1 atom stereocenters. The van der Waals surface area contributed by atoms with Gasteiger partial charge in [-0.2, -0.15) is 0 Å². The SMILES string of the molecule is O=C(NC(Cc1ncccc1O)C(=O)O)OCC1c2ccccc2-c2ccccc21. The van der Waals surface area contributed by atoms with Crippen molar-refractivity contribution in [3.05, 3.63) is 83.7 Å². The molecule has 1 heterocycles. The third-order valence-corrected chi connectivity index (χ3v) is 5.20. The van der Waals surface area contributed by atoms with Crippen molar-refractivity contribution >= 4 is 12.1 Å². The molecule has 0 aliphatic heterocycles. The van der Waals surface area contributed by atoms with Crippen LogP contribution in [0.4, 0.5) is 4.79 Å². The summed E-state index contributed by atoms with van der Waals surface area (Å²) in [7, 11) is 0. The van der Waals surface area contributed by atoms with Crippen molar-refractivity contribution < 1.29 is 24.5 Å². The molecule has 7 nitrogen and oxygen atoms in total. The number of fused-ring (bicyclic) bond motifs is 3. The summed E-state index contributed by atoms with van der Waals surface area (Å²) >= 11 is 0. The third-order valence-electron chi connectivity index (χ3n) is 5.20. The smallest absolute Gasteiger partial charge is 0.407 e. The minimum atomic E-state index is -1.28. The fourth-order valence-electron chi connectivity index (χ4n) is 3.76. The number of carbonyl (C=O) groups excluding carboxylic acids is 1. The number of carbonyl (C=O) groups is 2. The number of aliphatic carboxylic acids is 1. The molecule has 1 amide bonds. The number of pyridine rings is 1. The highest BCUT2D eigenvalue weighted by Gasteiger charge is 2.30. The quantitative estimate of drug-likeness (QED) is 0.582. The lowest BCUT2D eigenvalue weighted by Crippen LogP contribution is -2.43. The number of rotatable bonds is 6. The van der Waals surface area contributed by atoms with Crippen molar-refractivity contribution in [1.82, 2.24) is 10.3 Å². The zero-order valence-electron chi connectivity index (χ0n) is 16.0. The normalized spacial score (nSPS) is 13.2. The van der Waals surface area contributed by atoms with Crippen LogP contribution in [0.5, 0.6) is 5.75 Å². The Bertz CT molecular complexity index is 1050. The van der Waals surface area contributed by atoms with Crippen LogP contribution in [0.3, 0.4) is 0 Å². The predicted molar refractivity (Wildman–Crippen MR) is 109 cm³/mol. The summed E-state index contributed by atoms with van der Waals surface area (Å²) in [6, 6.07) is 17.6. The van der Waals surface area contributed by atoms with Crippen LogP contribution >= 0.6 is 0 Å². The molecular weight excluding hydrogens is 384 g/mol. The van der Waals surface area contributed by atoms with Crippen molar-refractivity contribution in [3.63, 3.8) is 0 Å². The van der Waals surface area contributed by atoms with E-state index in [0.29, 0.717) is 0 Å². The molecule has 1 aromatic heterocycles. The number of nitrogens with zero attached hydrogens (tertiary/aromatic N) is 1. The van der Waals surface area contributed by atoms with E-state index in [4.69, 9.17) is 4.74 Å². The maximum atomic E-state index is 12.3. The second-order valence-electron chi connectivity index (χ2n) is 7.03. The lowest BCUT2D eigenvalue weighted by atomic mass is 9.98. The Hall–Kier alpha value is -3.87. The molecule has 30 heavy (non-hydrogen) atoms. The first-order valence-corrected chi connectivity index (χ1v) is 9.51. The molecule has 2 aromatic carbocycles. The van der Waals surface area contributed by atoms with Gasteiger partial charge in [0, 0.05) is 18.5 Å². The van der Waals surface area contributed by atoms with Gasteiger partial charge >= 0.3 is 12.1 Å². The van der Waals surface area contributed by atoms with Gasteiger partial charge in [0.1, 0.15) is 18.4 Å². The van der Waals surface area contributed by atoms with E-state index in [1.807, 2.05) is 48.5 Å². The topological polar surface area (TPSA) is 109 Å². The number of aromatic nitrogens is 1. The maximum Gasteiger partial charge on any atom is 0.407 e. The number of aromatic hydroxyl groups is 1. The molecule has 0 fully saturated rings. The average molecular weight is 404 g/mol. The highest BCUT2D eigenvalue weighted by atomic mass is 16.5. The number of carboxylic acids is 1. The number of carboxylic acid groups (broad SMARTS) is 1. The van der Waals surface area contributed by atoms with E-state index >= 15 is 0 Å². The van der Waals surface area contributed by atoms with Crippen LogP contribution in [0.15, 0.2) is 66.9 Å². The van der Waals surface area contributed by atoms with E-state index in [9.17, 15) is 19.8 Å². The van der Waals surface area contributed by atoms with Gasteiger partial charge in [0.15, 0.2) is 0 Å². The van der Waals surface area contributed by atoms with Gasteiger partial charge in [-0.1, -0.05) is 48.5 Å². The van der Waals surface area contributed by atoms with Gasteiger partial charge in [-0.25, -0.2) is 9.59 Å². The predicted octanol–water partition coefficient (Wildman–Crippen LogP) is 3.32. The van der Waals surface area contributed by atoms with Gasteiger partial charge in [0.05, 0.1) is 5.69 Å².